The van der Waals surface area contributed by atoms with E-state index in [2.05, 4.69) is 10.3 Å². The number of ketones is 1. The summed E-state index contributed by atoms with van der Waals surface area (Å²) >= 11 is 0. The summed E-state index contributed by atoms with van der Waals surface area (Å²) in [5, 5.41) is 3.14. The molecule has 1 aromatic carbocycles. The lowest BCUT2D eigenvalue weighted by Crippen LogP contribution is -2.22. The van der Waals surface area contributed by atoms with Crippen LogP contribution in [0.3, 0.4) is 0 Å². The molecule has 18 heavy (non-hydrogen) atoms. The van der Waals surface area contributed by atoms with Crippen LogP contribution in [0.25, 0.3) is 0 Å². The Bertz CT molecular complexity index is 506. The molecule has 0 aliphatic rings. The molecule has 1 aromatic heterocycles. The van der Waals surface area contributed by atoms with Gasteiger partial charge in [-0.15, -0.1) is 0 Å². The SMILES string of the molecule is Cc1ccc(C(=O)CNCc2ccncc2)cc1. The van der Waals surface area contributed by atoms with E-state index in [9.17, 15) is 4.79 Å². The highest BCUT2D eigenvalue weighted by Gasteiger charge is 2.04. The van der Waals surface area contributed by atoms with Crippen molar-refractivity contribution in [3.63, 3.8) is 0 Å². The summed E-state index contributed by atoms with van der Waals surface area (Å²) in [6.07, 6.45) is 3.50. The predicted octanol–water partition coefficient (Wildman–Crippen LogP) is 2.36. The van der Waals surface area contributed by atoms with Gasteiger partial charge in [0.15, 0.2) is 5.78 Å². The van der Waals surface area contributed by atoms with E-state index in [1.807, 2.05) is 43.3 Å². The van der Waals surface area contributed by atoms with Gasteiger partial charge in [-0.2, -0.15) is 0 Å². The highest BCUT2D eigenvalue weighted by atomic mass is 16.1. The average molecular weight is 240 g/mol. The third kappa shape index (κ3) is 3.50. The van der Waals surface area contributed by atoms with Gasteiger partial charge >= 0.3 is 0 Å². The number of Topliss-reactive ketones (excluding diaryl/α,β-unsaturated/α-hetero) is 1. The van der Waals surface area contributed by atoms with Crippen molar-refractivity contribution in [2.45, 2.75) is 13.5 Å². The van der Waals surface area contributed by atoms with Crippen molar-refractivity contribution in [2.75, 3.05) is 6.54 Å². The van der Waals surface area contributed by atoms with Crippen LogP contribution < -0.4 is 5.32 Å². The molecule has 3 nitrogen and oxygen atoms in total. The molecule has 0 atom stereocenters. The van der Waals surface area contributed by atoms with E-state index in [4.69, 9.17) is 0 Å². The lowest BCUT2D eigenvalue weighted by Gasteiger charge is -2.04. The molecule has 92 valence electrons. The first-order valence-corrected chi connectivity index (χ1v) is 5.95. The maximum atomic E-state index is 11.9. The number of aromatic nitrogens is 1. The molecule has 0 saturated heterocycles. The summed E-state index contributed by atoms with van der Waals surface area (Å²) in [6.45, 7) is 3.04. The zero-order valence-electron chi connectivity index (χ0n) is 10.4. The van der Waals surface area contributed by atoms with E-state index in [-0.39, 0.29) is 5.78 Å². The van der Waals surface area contributed by atoms with Crippen LogP contribution in [0.1, 0.15) is 21.5 Å². The summed E-state index contributed by atoms with van der Waals surface area (Å²) in [6, 6.07) is 11.5. The smallest absolute Gasteiger partial charge is 0.176 e. The van der Waals surface area contributed by atoms with Crippen LogP contribution in [0.15, 0.2) is 48.8 Å². The number of carbonyl (C=O) groups excluding carboxylic acids is 1. The molecule has 3 heteroatoms. The summed E-state index contributed by atoms with van der Waals surface area (Å²) < 4.78 is 0. The number of aryl methyl sites for hydroxylation is 1. The standard InChI is InChI=1S/C15H16N2O/c1-12-2-4-14(5-3-12)15(18)11-17-10-13-6-8-16-9-7-13/h2-9,17H,10-11H2,1H3. The normalized spacial score (nSPS) is 10.3. The van der Waals surface area contributed by atoms with Crippen molar-refractivity contribution in [3.8, 4) is 0 Å². The Morgan fingerprint density at radius 2 is 1.78 bits per heavy atom. The number of pyridine rings is 1. The topological polar surface area (TPSA) is 42.0 Å². The molecule has 0 spiro atoms. The summed E-state index contributed by atoms with van der Waals surface area (Å²) in [4.78, 5) is 15.8. The molecule has 0 unspecified atom stereocenters. The molecule has 0 radical (unpaired) electrons. The van der Waals surface area contributed by atoms with E-state index >= 15 is 0 Å². The van der Waals surface area contributed by atoms with Gasteiger partial charge in [-0.05, 0) is 24.6 Å². The van der Waals surface area contributed by atoms with Crippen molar-refractivity contribution in [3.05, 3.63) is 65.5 Å². The number of benzene rings is 1. The predicted molar refractivity (Wildman–Crippen MR) is 71.5 cm³/mol. The highest BCUT2D eigenvalue weighted by Crippen LogP contribution is 2.03. The van der Waals surface area contributed by atoms with E-state index < -0.39 is 0 Å². The zero-order chi connectivity index (χ0) is 12.8. The zero-order valence-corrected chi connectivity index (χ0v) is 10.4. The second kappa shape index (κ2) is 6.07. The number of hydrogen-bond donors (Lipinski definition) is 1. The lowest BCUT2D eigenvalue weighted by molar-refractivity contribution is 0.0991. The van der Waals surface area contributed by atoms with Gasteiger partial charge in [-0.3, -0.25) is 9.78 Å². The van der Waals surface area contributed by atoms with Gasteiger partial charge in [0, 0.05) is 24.5 Å². The van der Waals surface area contributed by atoms with E-state index in [1.54, 1.807) is 12.4 Å². The molecule has 0 fully saturated rings. The van der Waals surface area contributed by atoms with Crippen molar-refractivity contribution in [2.24, 2.45) is 0 Å². The lowest BCUT2D eigenvalue weighted by atomic mass is 10.1. The van der Waals surface area contributed by atoms with Crippen LogP contribution in [0.2, 0.25) is 0 Å². The molecule has 0 amide bonds. The van der Waals surface area contributed by atoms with Gasteiger partial charge in [-0.1, -0.05) is 29.8 Å². The summed E-state index contributed by atoms with van der Waals surface area (Å²) in [7, 11) is 0. The second-order valence-corrected chi connectivity index (χ2v) is 4.25. The first kappa shape index (κ1) is 12.5. The molecule has 0 saturated carbocycles. The van der Waals surface area contributed by atoms with Crippen LogP contribution in [0.4, 0.5) is 0 Å². The van der Waals surface area contributed by atoms with Gasteiger partial charge in [0.05, 0.1) is 6.54 Å². The summed E-state index contributed by atoms with van der Waals surface area (Å²) in [5.41, 5.74) is 3.04. The number of rotatable bonds is 5. The average Bonchev–Trinajstić information content (AvgIpc) is 2.40. The second-order valence-electron chi connectivity index (χ2n) is 4.25. The highest BCUT2D eigenvalue weighted by molar-refractivity contribution is 5.97. The number of nitrogens with one attached hydrogen (secondary N) is 1. The van der Waals surface area contributed by atoms with Gasteiger partial charge < -0.3 is 5.32 Å². The Labute approximate surface area is 107 Å². The van der Waals surface area contributed by atoms with Crippen LogP contribution in [-0.2, 0) is 6.54 Å². The monoisotopic (exact) mass is 240 g/mol. The molecule has 0 aliphatic carbocycles. The fraction of sp³-hybridized carbons (Fsp3) is 0.200. The third-order valence-electron chi connectivity index (χ3n) is 2.74. The molecular formula is C15H16N2O. The molecule has 0 aliphatic heterocycles. The molecule has 1 heterocycles. The van der Waals surface area contributed by atoms with Gasteiger partial charge in [0.1, 0.15) is 0 Å². The van der Waals surface area contributed by atoms with Crippen LogP contribution in [0, 0.1) is 6.92 Å². The van der Waals surface area contributed by atoms with Gasteiger partial charge in [0.25, 0.3) is 0 Å². The van der Waals surface area contributed by atoms with Crippen LogP contribution >= 0.6 is 0 Å². The molecule has 0 bridgehead atoms. The Morgan fingerprint density at radius 3 is 2.44 bits per heavy atom. The Hall–Kier alpha value is -2.00. The quantitative estimate of drug-likeness (QED) is 0.816. The fourth-order valence-corrected chi connectivity index (χ4v) is 1.66. The third-order valence-corrected chi connectivity index (χ3v) is 2.74. The Balaban J connectivity index is 1.84. The molecular weight excluding hydrogens is 224 g/mol. The minimum absolute atomic E-state index is 0.115. The molecule has 2 aromatic rings. The van der Waals surface area contributed by atoms with E-state index in [1.165, 1.54) is 0 Å². The first-order valence-electron chi connectivity index (χ1n) is 5.95. The van der Waals surface area contributed by atoms with Gasteiger partial charge in [-0.25, -0.2) is 0 Å². The first-order chi connectivity index (χ1) is 8.75. The van der Waals surface area contributed by atoms with Crippen molar-refractivity contribution < 1.29 is 4.79 Å². The maximum Gasteiger partial charge on any atom is 0.176 e. The van der Waals surface area contributed by atoms with Crippen molar-refractivity contribution in [1.82, 2.24) is 10.3 Å². The van der Waals surface area contributed by atoms with Crippen molar-refractivity contribution >= 4 is 5.78 Å². The number of hydrogen-bond acceptors (Lipinski definition) is 3. The minimum Gasteiger partial charge on any atom is -0.306 e. The largest absolute Gasteiger partial charge is 0.306 e. The van der Waals surface area contributed by atoms with Crippen molar-refractivity contribution in [1.29, 1.82) is 0 Å². The number of carbonyl (C=O) groups is 1. The minimum atomic E-state index is 0.115. The van der Waals surface area contributed by atoms with Gasteiger partial charge in [0.2, 0.25) is 0 Å². The van der Waals surface area contributed by atoms with E-state index in [0.717, 1.165) is 16.7 Å². The van der Waals surface area contributed by atoms with E-state index in [0.29, 0.717) is 13.1 Å². The Morgan fingerprint density at radius 1 is 1.11 bits per heavy atom. The number of nitrogens with zero attached hydrogens (tertiary/aromatic N) is 1. The fourth-order valence-electron chi connectivity index (χ4n) is 1.66. The van der Waals surface area contributed by atoms with Crippen LogP contribution in [0.5, 0.6) is 0 Å². The molecule has 2 rings (SSSR count). The van der Waals surface area contributed by atoms with Crippen LogP contribution in [-0.4, -0.2) is 17.3 Å². The Kier molecular flexibility index (Phi) is 4.20. The maximum absolute atomic E-state index is 11.9. The molecule has 1 N–H and O–H groups in total. The summed E-state index contributed by atoms with van der Waals surface area (Å²) in [5.74, 6) is 0.115.